The maximum Gasteiger partial charge on any atom is 0.159 e. The van der Waals surface area contributed by atoms with Crippen LogP contribution < -0.4 is 4.90 Å². The molecule has 13 rings (SSSR count). The number of benzene rings is 10. The van der Waals surface area contributed by atoms with Gasteiger partial charge in [-0.3, -0.25) is 0 Å². The smallest absolute Gasteiger partial charge is 0.159 e. The summed E-state index contributed by atoms with van der Waals surface area (Å²) in [6.45, 7) is 0. The molecule has 0 N–H and O–H groups in total. The molecule has 3 aromatic heterocycles. The molecule has 0 amide bonds. The van der Waals surface area contributed by atoms with Crippen LogP contribution in [0.25, 0.3) is 99.2 Å². The van der Waals surface area contributed by atoms with Crippen LogP contribution in [0, 0.1) is 0 Å². The van der Waals surface area contributed by atoms with E-state index in [1.54, 1.807) is 0 Å². The van der Waals surface area contributed by atoms with Crippen molar-refractivity contribution in [2.45, 2.75) is 0 Å². The van der Waals surface area contributed by atoms with Crippen LogP contribution in [0.5, 0.6) is 0 Å². The molecule has 0 aliphatic carbocycles. The largest absolute Gasteiger partial charge is 0.454 e. The van der Waals surface area contributed by atoms with E-state index in [2.05, 4.69) is 245 Å². The summed E-state index contributed by atoms with van der Waals surface area (Å²) in [4.78, 5) is 2.32. The highest BCUT2D eigenvalue weighted by atomic mass is 16.3. The Hall–Kier alpha value is -8.60. The van der Waals surface area contributed by atoms with Crippen molar-refractivity contribution in [2.75, 3.05) is 4.90 Å². The van der Waals surface area contributed by atoms with Gasteiger partial charge in [-0.1, -0.05) is 146 Å². The van der Waals surface area contributed by atoms with Gasteiger partial charge in [-0.25, -0.2) is 0 Å². The topological polar surface area (TPSA) is 26.2 Å². The average Bonchev–Trinajstić information content (AvgIpc) is 4.03. The van der Waals surface area contributed by atoms with Gasteiger partial charge in [-0.05, 0) is 113 Å². The van der Waals surface area contributed by atoms with Crippen LogP contribution in [-0.4, -0.2) is 9.13 Å². The van der Waals surface area contributed by atoms with Gasteiger partial charge in [0.15, 0.2) is 5.58 Å². The van der Waals surface area contributed by atoms with E-state index in [1.807, 2.05) is 6.07 Å². The molecular formula is C60H39N3O. The van der Waals surface area contributed by atoms with E-state index in [4.69, 9.17) is 4.42 Å². The molecule has 0 radical (unpaired) electrons. The minimum atomic E-state index is 0.858. The van der Waals surface area contributed by atoms with E-state index < -0.39 is 0 Å². The van der Waals surface area contributed by atoms with Crippen LogP contribution in [0.3, 0.4) is 0 Å². The van der Waals surface area contributed by atoms with Gasteiger partial charge >= 0.3 is 0 Å². The third-order valence-electron chi connectivity index (χ3n) is 12.9. The van der Waals surface area contributed by atoms with Gasteiger partial charge in [0, 0.05) is 55.1 Å². The van der Waals surface area contributed by atoms with E-state index in [0.717, 1.165) is 67.1 Å². The van der Waals surface area contributed by atoms with E-state index >= 15 is 0 Å². The fourth-order valence-electron chi connectivity index (χ4n) is 9.95. The second-order valence-electron chi connectivity index (χ2n) is 16.5. The lowest BCUT2D eigenvalue weighted by molar-refractivity contribution is 0.669. The highest BCUT2D eigenvalue weighted by Gasteiger charge is 2.21. The zero-order valence-electron chi connectivity index (χ0n) is 34.8. The minimum Gasteiger partial charge on any atom is -0.454 e. The first kappa shape index (κ1) is 36.1. The molecule has 0 bridgehead atoms. The summed E-state index contributed by atoms with van der Waals surface area (Å²) >= 11 is 0. The molecule has 3 heterocycles. The van der Waals surface area contributed by atoms with Crippen LogP contribution in [-0.2, 0) is 0 Å². The van der Waals surface area contributed by atoms with Crippen LogP contribution in [0.4, 0.5) is 17.1 Å². The lowest BCUT2D eigenvalue weighted by atomic mass is 10.0. The fraction of sp³-hybridized carbons (Fsp3) is 0. The third kappa shape index (κ3) is 5.70. The lowest BCUT2D eigenvalue weighted by Gasteiger charge is -2.26. The Bertz CT molecular complexity index is 3880. The van der Waals surface area contributed by atoms with Crippen LogP contribution >= 0.6 is 0 Å². The Morgan fingerprint density at radius 2 is 0.766 bits per heavy atom. The summed E-state index contributed by atoms with van der Waals surface area (Å²) in [6, 6.07) is 85.0. The van der Waals surface area contributed by atoms with Gasteiger partial charge in [-0.15, -0.1) is 0 Å². The fourth-order valence-corrected chi connectivity index (χ4v) is 9.95. The first-order valence-electron chi connectivity index (χ1n) is 21.8. The van der Waals surface area contributed by atoms with Crippen LogP contribution in [0.2, 0.25) is 0 Å². The molecule has 13 aromatic rings. The third-order valence-corrected chi connectivity index (χ3v) is 12.9. The highest BCUT2D eigenvalue weighted by molar-refractivity contribution is 6.12. The Balaban J connectivity index is 0.920. The molecule has 4 heteroatoms. The Labute approximate surface area is 369 Å². The van der Waals surface area contributed by atoms with Crippen molar-refractivity contribution in [3.8, 4) is 33.6 Å². The Kier molecular flexibility index (Phi) is 8.18. The number of para-hydroxylation sites is 6. The molecule has 10 aromatic carbocycles. The van der Waals surface area contributed by atoms with Crippen molar-refractivity contribution >= 4 is 82.6 Å². The number of furan rings is 1. The van der Waals surface area contributed by atoms with Gasteiger partial charge in [-0.2, -0.15) is 0 Å². The van der Waals surface area contributed by atoms with E-state index in [-0.39, 0.29) is 0 Å². The second-order valence-corrected chi connectivity index (χ2v) is 16.5. The highest BCUT2D eigenvalue weighted by Crippen LogP contribution is 2.44. The van der Waals surface area contributed by atoms with E-state index in [9.17, 15) is 0 Å². The number of anilines is 3. The molecule has 64 heavy (non-hydrogen) atoms. The van der Waals surface area contributed by atoms with Crippen LogP contribution in [0.1, 0.15) is 0 Å². The number of aromatic nitrogens is 2. The molecule has 0 spiro atoms. The van der Waals surface area contributed by atoms with Gasteiger partial charge in [0.2, 0.25) is 0 Å². The standard InChI is InChI=1S/C60H39N3O/c1-3-14-44(15-4-1)62-55-23-11-8-19-49(55)53-38-42(31-37-56(53)62)40-26-32-46(33-27-40)61(57-24-13-21-52-51-20-9-12-25-59(51)64-60(52)57)47-34-28-41(29-35-47)43-30-36-50-48-18-7-10-22-54(48)63(58(50)39-43)45-16-5-2-6-17-45/h1-39H. The summed E-state index contributed by atoms with van der Waals surface area (Å²) < 4.78 is 11.4. The molecule has 0 unspecified atom stereocenters. The summed E-state index contributed by atoms with van der Waals surface area (Å²) in [6.07, 6.45) is 0. The molecule has 0 fully saturated rings. The number of nitrogens with zero attached hydrogens (tertiary/aromatic N) is 3. The summed E-state index contributed by atoms with van der Waals surface area (Å²) in [5, 5.41) is 7.17. The van der Waals surface area contributed by atoms with Crippen molar-refractivity contribution in [1.82, 2.24) is 9.13 Å². The number of fused-ring (bicyclic) bond motifs is 9. The zero-order chi connectivity index (χ0) is 42.1. The molecule has 0 saturated heterocycles. The minimum absolute atomic E-state index is 0.858. The predicted molar refractivity (Wildman–Crippen MR) is 268 cm³/mol. The van der Waals surface area contributed by atoms with Crippen molar-refractivity contribution in [2.24, 2.45) is 0 Å². The van der Waals surface area contributed by atoms with Gasteiger partial charge < -0.3 is 18.5 Å². The van der Waals surface area contributed by atoms with Gasteiger partial charge in [0.1, 0.15) is 5.58 Å². The van der Waals surface area contributed by atoms with Crippen LogP contribution in [0.15, 0.2) is 241 Å². The average molecular weight is 818 g/mol. The van der Waals surface area contributed by atoms with Gasteiger partial charge in [0.25, 0.3) is 0 Å². The summed E-state index contributed by atoms with van der Waals surface area (Å²) in [5.74, 6) is 0. The molecule has 4 nitrogen and oxygen atoms in total. The monoisotopic (exact) mass is 817 g/mol. The Morgan fingerprint density at radius 1 is 0.297 bits per heavy atom. The SMILES string of the molecule is c1ccc(-n2c3ccccc3c3cc(-c4ccc(N(c5ccc(-c6ccc7c8ccccc8n(-c8ccccc8)c7c6)cc5)c5cccc6c5oc5ccccc56)cc4)ccc32)cc1. The molecule has 0 atom stereocenters. The number of hydrogen-bond donors (Lipinski definition) is 0. The van der Waals surface area contributed by atoms with Crippen molar-refractivity contribution in [3.63, 3.8) is 0 Å². The molecule has 300 valence electrons. The number of rotatable bonds is 7. The molecule has 0 aliphatic heterocycles. The van der Waals surface area contributed by atoms with Crippen molar-refractivity contribution in [3.05, 3.63) is 237 Å². The maximum atomic E-state index is 6.67. The van der Waals surface area contributed by atoms with E-state index in [0.29, 0.717) is 0 Å². The summed E-state index contributed by atoms with van der Waals surface area (Å²) in [5.41, 5.74) is 16.5. The molecular weight excluding hydrogens is 779 g/mol. The first-order chi connectivity index (χ1) is 31.7. The molecule has 0 aliphatic rings. The first-order valence-corrected chi connectivity index (χ1v) is 21.8. The van der Waals surface area contributed by atoms with E-state index in [1.165, 1.54) is 49.2 Å². The normalized spacial score (nSPS) is 11.8. The molecule has 0 saturated carbocycles. The second kappa shape index (κ2) is 14.5. The maximum absolute atomic E-state index is 6.67. The van der Waals surface area contributed by atoms with Crippen molar-refractivity contribution in [1.29, 1.82) is 0 Å². The quantitative estimate of drug-likeness (QED) is 0.160. The van der Waals surface area contributed by atoms with Crippen molar-refractivity contribution < 1.29 is 4.42 Å². The van der Waals surface area contributed by atoms with Gasteiger partial charge in [0.05, 0.1) is 27.8 Å². The Morgan fingerprint density at radius 3 is 1.42 bits per heavy atom. The summed E-state index contributed by atoms with van der Waals surface area (Å²) in [7, 11) is 0. The number of hydrogen-bond acceptors (Lipinski definition) is 2. The predicted octanol–water partition coefficient (Wildman–Crippen LogP) is 16.6. The zero-order valence-corrected chi connectivity index (χ0v) is 34.8. The lowest BCUT2D eigenvalue weighted by Crippen LogP contribution is -2.10.